The predicted octanol–water partition coefficient (Wildman–Crippen LogP) is 3.42. The molecule has 2 amide bonds. The van der Waals surface area contributed by atoms with Crippen molar-refractivity contribution in [2.75, 3.05) is 26.3 Å². The molecule has 2 saturated heterocycles. The average Bonchev–Trinajstić information content (AvgIpc) is 3.34. The smallest absolute Gasteiger partial charge is 0.254 e. The van der Waals surface area contributed by atoms with Crippen LogP contribution in [0.1, 0.15) is 53.0 Å². The first-order chi connectivity index (χ1) is 16.0. The van der Waals surface area contributed by atoms with E-state index in [-0.39, 0.29) is 30.1 Å². The molecule has 7 heteroatoms. The Kier molecular flexibility index (Phi) is 7.62. The number of hydrogen-bond donors (Lipinski definition) is 1. The predicted molar refractivity (Wildman–Crippen MR) is 124 cm³/mol. The second-order valence-electron chi connectivity index (χ2n) is 8.82. The Bertz CT molecular complexity index is 928. The average molecular weight is 453 g/mol. The summed E-state index contributed by atoms with van der Waals surface area (Å²) in [6, 6.07) is 14.5. The van der Waals surface area contributed by atoms with Crippen LogP contribution in [0.3, 0.4) is 0 Å². The highest BCUT2D eigenvalue weighted by atomic mass is 16.5. The molecule has 3 unspecified atom stereocenters. The third-order valence-corrected chi connectivity index (χ3v) is 5.94. The summed E-state index contributed by atoms with van der Waals surface area (Å²) in [5.41, 5.74) is 2.15. The first-order valence-corrected chi connectivity index (χ1v) is 11.6. The molecule has 7 nitrogen and oxygen atoms in total. The molecule has 33 heavy (non-hydrogen) atoms. The summed E-state index contributed by atoms with van der Waals surface area (Å²) in [5, 5.41) is 2.92. The second kappa shape index (κ2) is 10.8. The summed E-state index contributed by atoms with van der Waals surface area (Å²) < 4.78 is 17.0. The van der Waals surface area contributed by atoms with Crippen molar-refractivity contribution in [3.05, 3.63) is 65.2 Å². The molecule has 176 valence electrons. The minimum absolute atomic E-state index is 0.00869. The van der Waals surface area contributed by atoms with Crippen molar-refractivity contribution in [2.24, 2.45) is 0 Å². The Hall–Kier alpha value is -2.90. The number of rotatable bonds is 7. The Labute approximate surface area is 195 Å². The molecule has 0 saturated carbocycles. The number of carbonyl (C=O) groups excluding carboxylic acids is 2. The van der Waals surface area contributed by atoms with Gasteiger partial charge in [-0.05, 0) is 68.7 Å². The highest BCUT2D eigenvalue weighted by molar-refractivity contribution is 5.95. The van der Waals surface area contributed by atoms with E-state index in [1.807, 2.05) is 43.0 Å². The van der Waals surface area contributed by atoms with Gasteiger partial charge in [-0.3, -0.25) is 9.59 Å². The summed E-state index contributed by atoms with van der Waals surface area (Å²) in [5.74, 6) is 0.581. The van der Waals surface area contributed by atoms with Crippen LogP contribution in [0.5, 0.6) is 5.75 Å². The van der Waals surface area contributed by atoms with Gasteiger partial charge < -0.3 is 24.4 Å². The lowest BCUT2D eigenvalue weighted by atomic mass is 10.1. The Morgan fingerprint density at radius 1 is 1.00 bits per heavy atom. The zero-order chi connectivity index (χ0) is 23.2. The third kappa shape index (κ3) is 6.33. The van der Waals surface area contributed by atoms with Crippen LogP contribution in [0.2, 0.25) is 0 Å². The number of nitrogens with zero attached hydrogens (tertiary/aromatic N) is 1. The number of benzene rings is 2. The number of morpholine rings is 1. The minimum atomic E-state index is -0.155. The van der Waals surface area contributed by atoms with E-state index < -0.39 is 0 Å². The van der Waals surface area contributed by atoms with Crippen molar-refractivity contribution < 1.29 is 23.8 Å². The van der Waals surface area contributed by atoms with Gasteiger partial charge in [0, 0.05) is 37.4 Å². The van der Waals surface area contributed by atoms with E-state index in [0.717, 1.165) is 30.8 Å². The van der Waals surface area contributed by atoms with Crippen LogP contribution < -0.4 is 10.1 Å². The quantitative estimate of drug-likeness (QED) is 0.697. The van der Waals surface area contributed by atoms with Crippen molar-refractivity contribution >= 4 is 11.8 Å². The van der Waals surface area contributed by atoms with Gasteiger partial charge in [-0.2, -0.15) is 0 Å². The molecule has 2 aliphatic rings. The Morgan fingerprint density at radius 3 is 2.30 bits per heavy atom. The summed E-state index contributed by atoms with van der Waals surface area (Å²) in [4.78, 5) is 27.1. The summed E-state index contributed by atoms with van der Waals surface area (Å²) in [6.07, 6.45) is 2.35. The van der Waals surface area contributed by atoms with E-state index in [4.69, 9.17) is 14.2 Å². The number of carbonyl (C=O) groups is 2. The van der Waals surface area contributed by atoms with Gasteiger partial charge in [0.2, 0.25) is 0 Å². The molecule has 1 N–H and O–H groups in total. The van der Waals surface area contributed by atoms with Gasteiger partial charge >= 0.3 is 0 Å². The van der Waals surface area contributed by atoms with E-state index in [9.17, 15) is 9.59 Å². The van der Waals surface area contributed by atoms with E-state index in [1.165, 1.54) is 0 Å². The molecule has 2 fully saturated rings. The molecule has 0 spiro atoms. The van der Waals surface area contributed by atoms with Crippen molar-refractivity contribution in [3.63, 3.8) is 0 Å². The van der Waals surface area contributed by atoms with Gasteiger partial charge in [-0.25, -0.2) is 0 Å². The fourth-order valence-electron chi connectivity index (χ4n) is 4.24. The zero-order valence-corrected chi connectivity index (χ0v) is 19.3. The van der Waals surface area contributed by atoms with Crippen LogP contribution in [-0.2, 0) is 16.0 Å². The topological polar surface area (TPSA) is 77.1 Å². The maximum atomic E-state index is 12.8. The summed E-state index contributed by atoms with van der Waals surface area (Å²) in [7, 11) is 0. The van der Waals surface area contributed by atoms with Gasteiger partial charge in [0.1, 0.15) is 12.4 Å². The number of nitrogens with one attached hydrogen (secondary N) is 1. The molecule has 2 aromatic carbocycles. The van der Waals surface area contributed by atoms with Gasteiger partial charge in [-0.1, -0.05) is 12.1 Å². The van der Waals surface area contributed by atoms with Crippen LogP contribution in [0.4, 0.5) is 0 Å². The van der Waals surface area contributed by atoms with Crippen molar-refractivity contribution in [3.8, 4) is 5.75 Å². The zero-order valence-electron chi connectivity index (χ0n) is 19.3. The van der Waals surface area contributed by atoms with Crippen molar-refractivity contribution in [1.82, 2.24) is 10.2 Å². The lowest BCUT2D eigenvalue weighted by molar-refractivity contribution is -0.0586. The molecule has 0 radical (unpaired) electrons. The molecule has 2 aliphatic heterocycles. The van der Waals surface area contributed by atoms with Gasteiger partial charge in [0.15, 0.2) is 0 Å². The van der Waals surface area contributed by atoms with Gasteiger partial charge in [0.25, 0.3) is 11.8 Å². The molecule has 2 heterocycles. The van der Waals surface area contributed by atoms with E-state index in [1.54, 1.807) is 24.3 Å². The number of amides is 2. The normalized spacial score (nSPS) is 22.7. The van der Waals surface area contributed by atoms with Crippen LogP contribution in [0.25, 0.3) is 0 Å². The van der Waals surface area contributed by atoms with Crippen LogP contribution in [-0.4, -0.2) is 61.3 Å². The summed E-state index contributed by atoms with van der Waals surface area (Å²) in [6.45, 7) is 6.88. The van der Waals surface area contributed by atoms with Crippen molar-refractivity contribution in [2.45, 2.75) is 51.5 Å². The lowest BCUT2D eigenvalue weighted by Crippen LogP contribution is -2.48. The standard InChI is InChI=1S/C26H32N2O5/c1-18-15-28(16-19(2)33-18)26(30)22-7-5-20(6-8-22)14-27-25(29)21-9-11-23(12-10-21)32-17-24-4-3-13-31-24/h5-12,18-19,24H,3-4,13-17H2,1-2H3,(H,27,29). The van der Waals surface area contributed by atoms with Gasteiger partial charge in [-0.15, -0.1) is 0 Å². The Morgan fingerprint density at radius 2 is 1.67 bits per heavy atom. The second-order valence-corrected chi connectivity index (χ2v) is 8.82. The summed E-state index contributed by atoms with van der Waals surface area (Å²) >= 11 is 0. The van der Waals surface area contributed by atoms with Crippen LogP contribution >= 0.6 is 0 Å². The molecular weight excluding hydrogens is 420 g/mol. The molecule has 4 rings (SSSR count). The first kappa shape index (κ1) is 23.3. The van der Waals surface area contributed by atoms with Gasteiger partial charge in [0.05, 0.1) is 18.3 Å². The van der Waals surface area contributed by atoms with E-state index in [0.29, 0.717) is 37.4 Å². The van der Waals surface area contributed by atoms with Crippen LogP contribution in [0.15, 0.2) is 48.5 Å². The fraction of sp³-hybridized carbons (Fsp3) is 0.462. The molecule has 2 aromatic rings. The largest absolute Gasteiger partial charge is 0.491 e. The molecule has 0 aromatic heterocycles. The lowest BCUT2D eigenvalue weighted by Gasteiger charge is -2.35. The maximum Gasteiger partial charge on any atom is 0.254 e. The molecule has 0 bridgehead atoms. The molecule has 0 aliphatic carbocycles. The highest BCUT2D eigenvalue weighted by Gasteiger charge is 2.26. The number of ether oxygens (including phenoxy) is 3. The SMILES string of the molecule is CC1CN(C(=O)c2ccc(CNC(=O)c3ccc(OCC4CCCO4)cc3)cc2)CC(C)O1. The third-order valence-electron chi connectivity index (χ3n) is 5.94. The minimum Gasteiger partial charge on any atom is -0.491 e. The Balaban J connectivity index is 1.25. The van der Waals surface area contributed by atoms with E-state index in [2.05, 4.69) is 5.32 Å². The maximum absolute atomic E-state index is 12.8. The number of hydrogen-bond acceptors (Lipinski definition) is 5. The van der Waals surface area contributed by atoms with Crippen LogP contribution in [0, 0.1) is 0 Å². The fourth-order valence-corrected chi connectivity index (χ4v) is 4.24. The first-order valence-electron chi connectivity index (χ1n) is 11.6. The monoisotopic (exact) mass is 452 g/mol. The van der Waals surface area contributed by atoms with Crippen molar-refractivity contribution in [1.29, 1.82) is 0 Å². The van der Waals surface area contributed by atoms with E-state index >= 15 is 0 Å². The molecule has 3 atom stereocenters. The highest BCUT2D eigenvalue weighted by Crippen LogP contribution is 2.17. The molecular formula is C26H32N2O5.